The third-order valence-electron chi connectivity index (χ3n) is 5.66. The first-order valence-corrected chi connectivity index (χ1v) is 10.3. The molecule has 2 atom stereocenters. The minimum Gasteiger partial charge on any atom is -0.494 e. The highest BCUT2D eigenvalue weighted by Gasteiger charge is 2.42. The van der Waals surface area contributed by atoms with Crippen LogP contribution in [0.1, 0.15) is 41.7 Å². The number of ether oxygens (including phenoxy) is 1. The summed E-state index contributed by atoms with van der Waals surface area (Å²) in [7, 11) is 2.10. The van der Waals surface area contributed by atoms with Gasteiger partial charge in [-0.05, 0) is 81.0 Å². The number of aromatic nitrogens is 2. The quantitative estimate of drug-likeness (QED) is 0.627. The van der Waals surface area contributed by atoms with E-state index >= 15 is 0 Å². The van der Waals surface area contributed by atoms with E-state index in [9.17, 15) is 0 Å². The SMILES string of the molecule is CCOc1ccc(N2C(=S)N[C@H](c3ccccn3)[C@@H]2c2cc(C)n(C)c2C)cc1. The molecule has 1 N–H and O–H groups in total. The van der Waals surface area contributed by atoms with E-state index in [0.29, 0.717) is 11.7 Å². The van der Waals surface area contributed by atoms with Crippen molar-refractivity contribution in [1.29, 1.82) is 0 Å². The lowest BCUT2D eigenvalue weighted by Crippen LogP contribution is -2.29. The molecular formula is C23H26N4OS. The number of benzene rings is 1. The summed E-state index contributed by atoms with van der Waals surface area (Å²) >= 11 is 5.79. The van der Waals surface area contributed by atoms with E-state index in [1.807, 2.05) is 37.4 Å². The topological polar surface area (TPSA) is 42.3 Å². The fourth-order valence-electron chi connectivity index (χ4n) is 4.00. The first-order chi connectivity index (χ1) is 14.0. The standard InChI is InChI=1S/C23H26N4OS/c1-5-28-18-11-9-17(10-12-18)27-22(19-14-15(2)26(4)16(19)3)21(25-23(27)29)20-8-6-7-13-24-20/h6-14,21-22H,5H2,1-4H3,(H,25,29)/t21-,22+/m1/s1. The number of hydrogen-bond acceptors (Lipinski definition) is 3. The molecule has 3 heterocycles. The summed E-state index contributed by atoms with van der Waals surface area (Å²) in [5.74, 6) is 0.860. The van der Waals surface area contributed by atoms with Crippen molar-refractivity contribution < 1.29 is 4.74 Å². The van der Waals surface area contributed by atoms with Crippen molar-refractivity contribution in [2.75, 3.05) is 11.5 Å². The smallest absolute Gasteiger partial charge is 0.174 e. The third-order valence-corrected chi connectivity index (χ3v) is 5.97. The molecule has 0 amide bonds. The molecule has 5 nitrogen and oxygen atoms in total. The van der Waals surface area contributed by atoms with Gasteiger partial charge in [-0.2, -0.15) is 0 Å². The molecule has 150 valence electrons. The molecule has 0 aliphatic carbocycles. The Balaban J connectivity index is 1.82. The van der Waals surface area contributed by atoms with Crippen LogP contribution < -0.4 is 15.0 Å². The molecule has 0 radical (unpaired) electrons. The van der Waals surface area contributed by atoms with Crippen LogP contribution in [0.25, 0.3) is 0 Å². The van der Waals surface area contributed by atoms with Gasteiger partial charge < -0.3 is 19.5 Å². The minimum absolute atomic E-state index is 0.00948. The molecule has 1 saturated heterocycles. The lowest BCUT2D eigenvalue weighted by atomic mass is 9.96. The maximum Gasteiger partial charge on any atom is 0.174 e. The highest BCUT2D eigenvalue weighted by Crippen LogP contribution is 2.43. The number of nitrogens with zero attached hydrogens (tertiary/aromatic N) is 3. The summed E-state index contributed by atoms with van der Waals surface area (Å²) < 4.78 is 7.83. The van der Waals surface area contributed by atoms with Crippen LogP contribution in [-0.4, -0.2) is 21.3 Å². The Morgan fingerprint density at radius 2 is 1.90 bits per heavy atom. The zero-order chi connectivity index (χ0) is 20.5. The number of hydrogen-bond donors (Lipinski definition) is 1. The van der Waals surface area contributed by atoms with Crippen LogP contribution in [-0.2, 0) is 7.05 Å². The summed E-state index contributed by atoms with van der Waals surface area (Å²) in [4.78, 5) is 6.82. The summed E-state index contributed by atoms with van der Waals surface area (Å²) in [5, 5.41) is 4.22. The zero-order valence-electron chi connectivity index (χ0n) is 17.2. The van der Waals surface area contributed by atoms with Crippen LogP contribution in [0.15, 0.2) is 54.7 Å². The van der Waals surface area contributed by atoms with Gasteiger partial charge in [0, 0.05) is 30.3 Å². The van der Waals surface area contributed by atoms with E-state index in [2.05, 4.69) is 64.9 Å². The fourth-order valence-corrected chi connectivity index (χ4v) is 4.35. The second kappa shape index (κ2) is 7.87. The summed E-state index contributed by atoms with van der Waals surface area (Å²) in [6.07, 6.45) is 1.83. The maximum absolute atomic E-state index is 5.79. The summed E-state index contributed by atoms with van der Waals surface area (Å²) in [6, 6.07) is 16.4. The van der Waals surface area contributed by atoms with Crippen LogP contribution in [0.4, 0.5) is 5.69 Å². The number of aryl methyl sites for hydroxylation is 1. The first-order valence-electron chi connectivity index (χ1n) is 9.87. The van der Waals surface area contributed by atoms with Gasteiger partial charge in [-0.25, -0.2) is 0 Å². The van der Waals surface area contributed by atoms with Crippen molar-refractivity contribution in [2.24, 2.45) is 7.05 Å². The van der Waals surface area contributed by atoms with Crippen LogP contribution in [0, 0.1) is 13.8 Å². The Kier molecular flexibility index (Phi) is 5.28. The lowest BCUT2D eigenvalue weighted by Gasteiger charge is -2.28. The number of nitrogens with one attached hydrogen (secondary N) is 1. The minimum atomic E-state index is -0.0317. The van der Waals surface area contributed by atoms with E-state index in [1.54, 1.807) is 0 Å². The van der Waals surface area contributed by atoms with E-state index in [0.717, 1.165) is 17.1 Å². The van der Waals surface area contributed by atoms with E-state index < -0.39 is 0 Å². The molecule has 3 aromatic rings. The maximum atomic E-state index is 5.79. The highest BCUT2D eigenvalue weighted by atomic mass is 32.1. The van der Waals surface area contributed by atoms with Crippen molar-refractivity contribution in [1.82, 2.24) is 14.9 Å². The number of anilines is 1. The molecule has 1 fully saturated rings. The molecule has 1 aliphatic rings. The number of pyridine rings is 1. The van der Waals surface area contributed by atoms with Gasteiger partial charge in [0.1, 0.15) is 5.75 Å². The van der Waals surface area contributed by atoms with Crippen molar-refractivity contribution in [3.63, 3.8) is 0 Å². The average molecular weight is 407 g/mol. The van der Waals surface area contributed by atoms with E-state index in [-0.39, 0.29) is 12.1 Å². The van der Waals surface area contributed by atoms with E-state index in [1.165, 1.54) is 17.0 Å². The monoisotopic (exact) mass is 406 g/mol. The molecule has 0 unspecified atom stereocenters. The van der Waals surface area contributed by atoms with Crippen LogP contribution in [0.3, 0.4) is 0 Å². The Hall–Kier alpha value is -2.86. The van der Waals surface area contributed by atoms with Gasteiger partial charge in [0.2, 0.25) is 0 Å². The second-order valence-corrected chi connectivity index (χ2v) is 7.70. The van der Waals surface area contributed by atoms with Crippen molar-refractivity contribution in [3.05, 3.63) is 77.4 Å². The van der Waals surface area contributed by atoms with Crippen LogP contribution in [0.5, 0.6) is 5.75 Å². The normalized spacial score (nSPS) is 18.8. The molecule has 0 saturated carbocycles. The second-order valence-electron chi connectivity index (χ2n) is 7.31. The molecule has 0 spiro atoms. The van der Waals surface area contributed by atoms with Crippen molar-refractivity contribution >= 4 is 23.0 Å². The Morgan fingerprint density at radius 3 is 2.48 bits per heavy atom. The van der Waals surface area contributed by atoms with Crippen molar-refractivity contribution in [2.45, 2.75) is 32.9 Å². The predicted molar refractivity (Wildman–Crippen MR) is 120 cm³/mol. The lowest BCUT2D eigenvalue weighted by molar-refractivity contribution is 0.340. The largest absolute Gasteiger partial charge is 0.494 e. The number of rotatable bonds is 5. The number of thiocarbonyl (C=S) groups is 1. The first kappa shape index (κ1) is 19.5. The molecule has 4 rings (SSSR count). The third kappa shape index (κ3) is 3.49. The van der Waals surface area contributed by atoms with Crippen LogP contribution >= 0.6 is 12.2 Å². The Bertz CT molecular complexity index is 1010. The van der Waals surface area contributed by atoms with Gasteiger partial charge in [-0.15, -0.1) is 0 Å². The summed E-state index contributed by atoms with van der Waals surface area (Å²) in [5.41, 5.74) is 5.73. The molecule has 2 aromatic heterocycles. The Morgan fingerprint density at radius 1 is 1.14 bits per heavy atom. The molecular weight excluding hydrogens is 380 g/mol. The summed E-state index contributed by atoms with van der Waals surface area (Å²) in [6.45, 7) is 6.93. The van der Waals surface area contributed by atoms with Gasteiger partial charge in [0.05, 0.1) is 24.4 Å². The molecule has 1 aromatic carbocycles. The predicted octanol–water partition coefficient (Wildman–Crippen LogP) is 4.61. The molecule has 1 aliphatic heterocycles. The molecule has 6 heteroatoms. The van der Waals surface area contributed by atoms with Crippen molar-refractivity contribution in [3.8, 4) is 5.75 Å². The van der Waals surface area contributed by atoms with Gasteiger partial charge in [-0.1, -0.05) is 6.07 Å². The Labute approximate surface area is 177 Å². The zero-order valence-corrected chi connectivity index (χ0v) is 18.0. The fraction of sp³-hybridized carbons (Fsp3) is 0.304. The van der Waals surface area contributed by atoms with Gasteiger partial charge >= 0.3 is 0 Å². The van der Waals surface area contributed by atoms with Gasteiger partial charge in [0.25, 0.3) is 0 Å². The molecule has 0 bridgehead atoms. The van der Waals surface area contributed by atoms with Gasteiger partial charge in [0.15, 0.2) is 5.11 Å². The average Bonchev–Trinajstić information content (AvgIpc) is 3.21. The van der Waals surface area contributed by atoms with Crippen LogP contribution in [0.2, 0.25) is 0 Å². The highest BCUT2D eigenvalue weighted by molar-refractivity contribution is 7.80. The van der Waals surface area contributed by atoms with Gasteiger partial charge in [-0.3, -0.25) is 4.98 Å². The molecule has 29 heavy (non-hydrogen) atoms. The van der Waals surface area contributed by atoms with E-state index in [4.69, 9.17) is 17.0 Å².